The molecule has 1 aromatic carbocycles. The van der Waals surface area contributed by atoms with Gasteiger partial charge in [0, 0.05) is 12.1 Å². The molecule has 1 saturated heterocycles. The van der Waals surface area contributed by atoms with E-state index in [2.05, 4.69) is 10.2 Å². The molecule has 3 nitrogen and oxygen atoms in total. The fourth-order valence-electron chi connectivity index (χ4n) is 3.83. The molecule has 0 unspecified atom stereocenters. The number of hydrogen-bond donors (Lipinski definition) is 1. The van der Waals surface area contributed by atoms with Gasteiger partial charge in [0.05, 0.1) is 6.42 Å². The van der Waals surface area contributed by atoms with Crippen LogP contribution in [0.25, 0.3) is 0 Å². The lowest BCUT2D eigenvalue weighted by atomic mass is 9.89. The molecule has 0 aromatic heterocycles. The number of nitrogens with one attached hydrogen (secondary N) is 1. The minimum absolute atomic E-state index is 0.178. The number of rotatable bonds is 4. The molecule has 2 atom stereocenters. The molecule has 2 aliphatic rings. The van der Waals surface area contributed by atoms with Crippen molar-refractivity contribution >= 4 is 5.91 Å². The summed E-state index contributed by atoms with van der Waals surface area (Å²) < 4.78 is 0. The van der Waals surface area contributed by atoms with E-state index in [0.29, 0.717) is 18.5 Å². The van der Waals surface area contributed by atoms with Gasteiger partial charge < -0.3 is 5.32 Å². The third kappa shape index (κ3) is 3.85. The molecule has 0 spiro atoms. The van der Waals surface area contributed by atoms with Crippen molar-refractivity contribution in [3.05, 3.63) is 35.9 Å². The van der Waals surface area contributed by atoms with Crippen LogP contribution in [0, 0.1) is 0 Å². The van der Waals surface area contributed by atoms with Crippen LogP contribution < -0.4 is 5.32 Å². The van der Waals surface area contributed by atoms with Crippen LogP contribution in [0.1, 0.15) is 44.1 Å². The molecule has 1 heterocycles. The molecule has 21 heavy (non-hydrogen) atoms. The van der Waals surface area contributed by atoms with Crippen molar-refractivity contribution in [3.8, 4) is 0 Å². The van der Waals surface area contributed by atoms with E-state index in [-0.39, 0.29) is 5.91 Å². The highest BCUT2D eigenvalue weighted by Gasteiger charge is 2.32. The van der Waals surface area contributed by atoms with Crippen molar-refractivity contribution in [1.29, 1.82) is 0 Å². The molecular formula is C18H26N2O. The van der Waals surface area contributed by atoms with Gasteiger partial charge in [-0.1, -0.05) is 43.2 Å². The van der Waals surface area contributed by atoms with Crippen molar-refractivity contribution in [2.45, 2.75) is 57.0 Å². The Bertz CT molecular complexity index is 454. The van der Waals surface area contributed by atoms with Gasteiger partial charge >= 0.3 is 0 Å². The van der Waals surface area contributed by atoms with Crippen molar-refractivity contribution in [2.75, 3.05) is 13.1 Å². The molecule has 3 rings (SSSR count). The highest BCUT2D eigenvalue weighted by atomic mass is 16.1. The Kier molecular flexibility index (Phi) is 4.91. The van der Waals surface area contributed by atoms with Gasteiger partial charge in [0.2, 0.25) is 5.91 Å². The molecule has 114 valence electrons. The number of amides is 1. The van der Waals surface area contributed by atoms with Crippen molar-refractivity contribution in [1.82, 2.24) is 10.2 Å². The summed E-state index contributed by atoms with van der Waals surface area (Å²) in [6.45, 7) is 2.44. The summed E-state index contributed by atoms with van der Waals surface area (Å²) in [6.07, 6.45) is 8.09. The Labute approximate surface area is 127 Å². The second kappa shape index (κ2) is 7.08. The first-order valence-electron chi connectivity index (χ1n) is 8.40. The standard InChI is InChI=1S/C18H26N2O/c21-18(14-15-8-2-1-3-9-15)19-16-10-4-5-11-17(16)20-12-6-7-13-20/h1-3,8-9,16-17H,4-7,10-14H2,(H,19,21)/t16-,17-/m1/s1. The average molecular weight is 286 g/mol. The average Bonchev–Trinajstić information content (AvgIpc) is 3.03. The van der Waals surface area contributed by atoms with E-state index in [1.807, 2.05) is 30.3 Å². The Morgan fingerprint density at radius 2 is 1.76 bits per heavy atom. The van der Waals surface area contributed by atoms with Crippen LogP contribution in [0.2, 0.25) is 0 Å². The lowest BCUT2D eigenvalue weighted by molar-refractivity contribution is -0.121. The summed E-state index contributed by atoms with van der Waals surface area (Å²) in [7, 11) is 0. The van der Waals surface area contributed by atoms with E-state index in [1.54, 1.807) is 0 Å². The normalized spacial score (nSPS) is 26.7. The zero-order valence-electron chi connectivity index (χ0n) is 12.8. The van der Waals surface area contributed by atoms with Crippen LogP contribution in [0.15, 0.2) is 30.3 Å². The van der Waals surface area contributed by atoms with E-state index in [1.165, 1.54) is 45.2 Å². The molecule has 3 heteroatoms. The lowest BCUT2D eigenvalue weighted by Crippen LogP contribution is -2.52. The van der Waals surface area contributed by atoms with Crippen molar-refractivity contribution in [3.63, 3.8) is 0 Å². The Balaban J connectivity index is 1.57. The van der Waals surface area contributed by atoms with E-state index in [9.17, 15) is 4.79 Å². The van der Waals surface area contributed by atoms with Gasteiger partial charge in [0.15, 0.2) is 0 Å². The van der Waals surface area contributed by atoms with Crippen LogP contribution in [-0.2, 0) is 11.2 Å². The van der Waals surface area contributed by atoms with Gasteiger partial charge in [-0.2, -0.15) is 0 Å². The number of carbonyl (C=O) groups excluding carboxylic acids is 1. The molecule has 1 aromatic rings. The van der Waals surface area contributed by atoms with Crippen molar-refractivity contribution in [2.24, 2.45) is 0 Å². The predicted molar refractivity (Wildman–Crippen MR) is 85.1 cm³/mol. The van der Waals surface area contributed by atoms with Crippen LogP contribution in [0.3, 0.4) is 0 Å². The van der Waals surface area contributed by atoms with E-state index < -0.39 is 0 Å². The highest BCUT2D eigenvalue weighted by molar-refractivity contribution is 5.78. The van der Waals surface area contributed by atoms with E-state index >= 15 is 0 Å². The van der Waals surface area contributed by atoms with Crippen LogP contribution in [0.4, 0.5) is 0 Å². The maximum absolute atomic E-state index is 12.3. The zero-order chi connectivity index (χ0) is 14.5. The third-order valence-corrected chi connectivity index (χ3v) is 4.89. The summed E-state index contributed by atoms with van der Waals surface area (Å²) in [5.41, 5.74) is 1.10. The monoisotopic (exact) mass is 286 g/mol. The van der Waals surface area contributed by atoms with Gasteiger partial charge in [-0.05, 0) is 44.3 Å². The summed E-state index contributed by atoms with van der Waals surface area (Å²) in [5.74, 6) is 0.178. The minimum atomic E-state index is 0.178. The van der Waals surface area contributed by atoms with Gasteiger partial charge in [0.1, 0.15) is 0 Å². The number of hydrogen-bond acceptors (Lipinski definition) is 2. The van der Waals surface area contributed by atoms with Crippen molar-refractivity contribution < 1.29 is 4.79 Å². The fraction of sp³-hybridized carbons (Fsp3) is 0.611. The molecule has 1 N–H and O–H groups in total. The summed E-state index contributed by atoms with van der Waals surface area (Å²) >= 11 is 0. The smallest absolute Gasteiger partial charge is 0.224 e. The fourth-order valence-corrected chi connectivity index (χ4v) is 3.83. The molecule has 2 fully saturated rings. The van der Waals surface area contributed by atoms with Gasteiger partial charge in [-0.25, -0.2) is 0 Å². The van der Waals surface area contributed by atoms with E-state index in [0.717, 1.165) is 12.0 Å². The second-order valence-corrected chi connectivity index (χ2v) is 6.43. The molecule has 1 aliphatic carbocycles. The van der Waals surface area contributed by atoms with Gasteiger partial charge in [0.25, 0.3) is 0 Å². The third-order valence-electron chi connectivity index (χ3n) is 4.89. The molecule has 0 radical (unpaired) electrons. The maximum atomic E-state index is 12.3. The predicted octanol–water partition coefficient (Wildman–Crippen LogP) is 2.75. The Morgan fingerprint density at radius 1 is 1.05 bits per heavy atom. The molecule has 1 saturated carbocycles. The summed E-state index contributed by atoms with van der Waals surface area (Å²) in [4.78, 5) is 14.9. The molecule has 0 bridgehead atoms. The molecule has 1 amide bonds. The molecule has 1 aliphatic heterocycles. The SMILES string of the molecule is O=C(Cc1ccccc1)N[C@@H]1CCCC[C@H]1N1CCCC1. The topological polar surface area (TPSA) is 32.3 Å². The van der Waals surface area contributed by atoms with E-state index in [4.69, 9.17) is 0 Å². The number of likely N-dealkylation sites (tertiary alicyclic amines) is 1. The lowest BCUT2D eigenvalue weighted by Gasteiger charge is -2.38. The summed E-state index contributed by atoms with van der Waals surface area (Å²) in [5, 5.41) is 3.31. The second-order valence-electron chi connectivity index (χ2n) is 6.43. The first-order chi connectivity index (χ1) is 10.3. The molecular weight excluding hydrogens is 260 g/mol. The van der Waals surface area contributed by atoms with Crippen LogP contribution >= 0.6 is 0 Å². The number of benzene rings is 1. The number of nitrogens with zero attached hydrogens (tertiary/aromatic N) is 1. The Morgan fingerprint density at radius 3 is 2.52 bits per heavy atom. The largest absolute Gasteiger partial charge is 0.352 e. The quantitative estimate of drug-likeness (QED) is 0.923. The first kappa shape index (κ1) is 14.6. The van der Waals surface area contributed by atoms with Gasteiger partial charge in [-0.3, -0.25) is 9.69 Å². The summed E-state index contributed by atoms with van der Waals surface area (Å²) in [6, 6.07) is 11.0. The van der Waals surface area contributed by atoms with Gasteiger partial charge in [-0.15, -0.1) is 0 Å². The van der Waals surface area contributed by atoms with Crippen LogP contribution in [-0.4, -0.2) is 36.0 Å². The van der Waals surface area contributed by atoms with Crippen LogP contribution in [0.5, 0.6) is 0 Å². The maximum Gasteiger partial charge on any atom is 0.224 e. The number of carbonyl (C=O) groups is 1. The Hall–Kier alpha value is -1.35. The zero-order valence-corrected chi connectivity index (χ0v) is 12.8. The minimum Gasteiger partial charge on any atom is -0.352 e. The first-order valence-corrected chi connectivity index (χ1v) is 8.40. The highest BCUT2D eigenvalue weighted by Crippen LogP contribution is 2.26.